The Labute approximate surface area is 84.6 Å². The lowest BCUT2D eigenvalue weighted by atomic mass is 10.5. The normalized spacial score (nSPS) is 9.71. The highest BCUT2D eigenvalue weighted by atomic mass is 35.5. The van der Waals surface area contributed by atoms with Gasteiger partial charge in [-0.1, -0.05) is 11.6 Å². The van der Waals surface area contributed by atoms with Crippen molar-refractivity contribution in [2.24, 2.45) is 0 Å². The molecule has 0 aromatic carbocycles. The molecule has 0 fully saturated rings. The molecule has 0 N–H and O–H groups in total. The summed E-state index contributed by atoms with van der Waals surface area (Å²) in [5.41, 5.74) is 0.270. The first-order chi connectivity index (χ1) is 6.79. The van der Waals surface area contributed by atoms with Crippen LogP contribution in [0, 0.1) is 11.3 Å². The highest BCUT2D eigenvalue weighted by Crippen LogP contribution is 2.08. The fourth-order valence-corrected chi connectivity index (χ4v) is 1.06. The van der Waals surface area contributed by atoms with E-state index in [4.69, 9.17) is 16.9 Å². The number of hydrogen-bond acceptors (Lipinski definition) is 4. The van der Waals surface area contributed by atoms with Gasteiger partial charge in [0.2, 0.25) is 0 Å². The van der Waals surface area contributed by atoms with Gasteiger partial charge in [0, 0.05) is 0 Å². The summed E-state index contributed by atoms with van der Waals surface area (Å²) in [5, 5.41) is 13.0. The summed E-state index contributed by atoms with van der Waals surface area (Å²) in [4.78, 5) is 7.85. The maximum absolute atomic E-state index is 8.51. The van der Waals surface area contributed by atoms with Crippen molar-refractivity contribution < 1.29 is 0 Å². The van der Waals surface area contributed by atoms with Crippen molar-refractivity contribution in [1.82, 2.24) is 19.7 Å². The molecule has 6 heteroatoms. The number of halogens is 1. The van der Waals surface area contributed by atoms with E-state index in [1.165, 1.54) is 23.3 Å². The molecule has 2 aromatic rings. The summed E-state index contributed by atoms with van der Waals surface area (Å²) >= 11 is 5.68. The lowest BCUT2D eigenvalue weighted by molar-refractivity contribution is 0.836. The van der Waals surface area contributed by atoms with Crippen molar-refractivity contribution in [3.8, 4) is 11.9 Å². The standard InChI is InChI=1S/C8H4ClN5/c9-6-2-13-14(5-6)8-4-11-7(1-10)3-12-8/h2-5H. The third kappa shape index (κ3) is 1.56. The van der Waals surface area contributed by atoms with Gasteiger partial charge in [0.25, 0.3) is 0 Å². The Bertz CT molecular complexity index is 481. The molecule has 5 nitrogen and oxygen atoms in total. The minimum absolute atomic E-state index is 0.270. The average molecular weight is 206 g/mol. The molecule has 0 saturated heterocycles. The van der Waals surface area contributed by atoms with E-state index in [2.05, 4.69) is 15.1 Å². The predicted octanol–water partition coefficient (Wildman–Crippen LogP) is 1.19. The molecule has 0 bridgehead atoms. The Balaban J connectivity index is 2.39. The number of rotatable bonds is 1. The monoisotopic (exact) mass is 205 g/mol. The van der Waals surface area contributed by atoms with E-state index in [1.54, 1.807) is 6.20 Å². The molecule has 0 unspecified atom stereocenters. The molecule has 0 spiro atoms. The van der Waals surface area contributed by atoms with Crippen molar-refractivity contribution in [3.63, 3.8) is 0 Å². The van der Waals surface area contributed by atoms with Crippen molar-refractivity contribution in [1.29, 1.82) is 5.26 Å². The molecule has 0 aliphatic carbocycles. The van der Waals surface area contributed by atoms with Crippen molar-refractivity contribution in [3.05, 3.63) is 35.5 Å². The van der Waals surface area contributed by atoms with Gasteiger partial charge in [0.1, 0.15) is 6.07 Å². The summed E-state index contributed by atoms with van der Waals surface area (Å²) in [7, 11) is 0. The van der Waals surface area contributed by atoms with Gasteiger partial charge in [-0.05, 0) is 0 Å². The van der Waals surface area contributed by atoms with Gasteiger partial charge >= 0.3 is 0 Å². The first-order valence-electron chi connectivity index (χ1n) is 3.72. The van der Waals surface area contributed by atoms with Gasteiger partial charge in [-0.3, -0.25) is 0 Å². The fourth-order valence-electron chi connectivity index (χ4n) is 0.923. The molecule has 0 aliphatic rings. The van der Waals surface area contributed by atoms with E-state index in [9.17, 15) is 0 Å². The molecule has 0 saturated carbocycles. The average Bonchev–Trinajstić information content (AvgIpc) is 2.65. The van der Waals surface area contributed by atoms with Crippen LogP contribution in [-0.4, -0.2) is 19.7 Å². The van der Waals surface area contributed by atoms with Gasteiger partial charge in [-0.2, -0.15) is 10.4 Å². The predicted molar refractivity (Wildman–Crippen MR) is 48.9 cm³/mol. The van der Waals surface area contributed by atoms with E-state index in [0.29, 0.717) is 10.8 Å². The van der Waals surface area contributed by atoms with E-state index in [-0.39, 0.29) is 5.69 Å². The number of nitriles is 1. The van der Waals surface area contributed by atoms with Gasteiger partial charge < -0.3 is 0 Å². The SMILES string of the molecule is N#Cc1cnc(-n2cc(Cl)cn2)cn1. The molecular weight excluding hydrogens is 202 g/mol. The topological polar surface area (TPSA) is 67.4 Å². The quantitative estimate of drug-likeness (QED) is 0.701. The van der Waals surface area contributed by atoms with Crippen LogP contribution < -0.4 is 0 Å². The Hall–Kier alpha value is -1.93. The van der Waals surface area contributed by atoms with Crippen molar-refractivity contribution in [2.45, 2.75) is 0 Å². The third-order valence-electron chi connectivity index (χ3n) is 1.54. The van der Waals surface area contributed by atoms with Crippen LogP contribution in [-0.2, 0) is 0 Å². The first kappa shape index (κ1) is 8.66. The second-order valence-corrected chi connectivity index (χ2v) is 2.91. The van der Waals surface area contributed by atoms with Crippen LogP contribution in [0.2, 0.25) is 5.02 Å². The number of nitrogens with zero attached hydrogens (tertiary/aromatic N) is 5. The zero-order chi connectivity index (χ0) is 9.97. The minimum Gasteiger partial charge on any atom is -0.240 e. The zero-order valence-corrected chi connectivity index (χ0v) is 7.68. The first-order valence-corrected chi connectivity index (χ1v) is 4.10. The van der Waals surface area contributed by atoms with Gasteiger partial charge in [-0.15, -0.1) is 0 Å². The van der Waals surface area contributed by atoms with Crippen LogP contribution in [0.4, 0.5) is 0 Å². The van der Waals surface area contributed by atoms with E-state index in [1.807, 2.05) is 6.07 Å². The van der Waals surface area contributed by atoms with E-state index in [0.717, 1.165) is 0 Å². The van der Waals surface area contributed by atoms with Gasteiger partial charge in [0.05, 0.1) is 29.8 Å². The molecule has 14 heavy (non-hydrogen) atoms. The molecular formula is C8H4ClN5. The fraction of sp³-hybridized carbons (Fsp3) is 0. The van der Waals surface area contributed by atoms with Crippen molar-refractivity contribution >= 4 is 11.6 Å². The maximum Gasteiger partial charge on any atom is 0.171 e. The van der Waals surface area contributed by atoms with Gasteiger partial charge in [0.15, 0.2) is 11.5 Å². The molecule has 68 valence electrons. The molecule has 2 heterocycles. The largest absolute Gasteiger partial charge is 0.240 e. The number of hydrogen-bond donors (Lipinski definition) is 0. The summed E-state index contributed by atoms with van der Waals surface area (Å²) in [5.74, 6) is 0.524. The highest BCUT2D eigenvalue weighted by molar-refractivity contribution is 6.30. The third-order valence-corrected chi connectivity index (χ3v) is 1.73. The number of aromatic nitrogens is 4. The molecule has 0 aliphatic heterocycles. The van der Waals surface area contributed by atoms with E-state index >= 15 is 0 Å². The molecule has 2 aromatic heterocycles. The van der Waals surface area contributed by atoms with Crippen LogP contribution in [0.5, 0.6) is 0 Å². The van der Waals surface area contributed by atoms with Crippen LogP contribution in [0.1, 0.15) is 5.69 Å². The lowest BCUT2D eigenvalue weighted by Gasteiger charge is -1.97. The Morgan fingerprint density at radius 2 is 2.14 bits per heavy atom. The second kappa shape index (κ2) is 3.44. The second-order valence-electron chi connectivity index (χ2n) is 2.47. The van der Waals surface area contributed by atoms with E-state index < -0.39 is 0 Å². The van der Waals surface area contributed by atoms with Crippen LogP contribution in [0.15, 0.2) is 24.8 Å². The maximum atomic E-state index is 8.51. The Kier molecular flexibility index (Phi) is 2.13. The molecule has 0 atom stereocenters. The Morgan fingerprint density at radius 1 is 1.29 bits per heavy atom. The summed E-state index contributed by atoms with van der Waals surface area (Å²) < 4.78 is 1.48. The lowest BCUT2D eigenvalue weighted by Crippen LogP contribution is -1.99. The Morgan fingerprint density at radius 3 is 2.64 bits per heavy atom. The van der Waals surface area contributed by atoms with Crippen molar-refractivity contribution in [2.75, 3.05) is 0 Å². The van der Waals surface area contributed by atoms with Crippen LogP contribution >= 0.6 is 11.6 Å². The summed E-state index contributed by atoms with van der Waals surface area (Å²) in [6.07, 6.45) is 5.95. The molecule has 0 radical (unpaired) electrons. The minimum atomic E-state index is 0.270. The summed E-state index contributed by atoms with van der Waals surface area (Å²) in [6.45, 7) is 0. The zero-order valence-electron chi connectivity index (χ0n) is 6.92. The van der Waals surface area contributed by atoms with Crippen LogP contribution in [0.3, 0.4) is 0 Å². The summed E-state index contributed by atoms with van der Waals surface area (Å²) in [6, 6.07) is 1.88. The molecule has 2 rings (SSSR count). The van der Waals surface area contributed by atoms with Crippen LogP contribution in [0.25, 0.3) is 5.82 Å². The van der Waals surface area contributed by atoms with Gasteiger partial charge in [-0.25, -0.2) is 14.6 Å². The smallest absolute Gasteiger partial charge is 0.171 e. The highest BCUT2D eigenvalue weighted by Gasteiger charge is 2.00. The molecule has 0 amide bonds.